The number of benzene rings is 2. The third kappa shape index (κ3) is 4.71. The Labute approximate surface area is 175 Å². The van der Waals surface area contributed by atoms with E-state index < -0.39 is 35.2 Å². The molecule has 0 radical (unpaired) electrons. The normalized spacial score (nSPS) is 14.9. The number of alkyl halides is 3. The quantitative estimate of drug-likeness (QED) is 0.419. The van der Waals surface area contributed by atoms with E-state index in [2.05, 4.69) is 15.0 Å². The topological polar surface area (TPSA) is 58.4 Å². The highest BCUT2D eigenvalue weighted by molar-refractivity contribution is 5.91. The maximum absolute atomic E-state index is 14.2. The zero-order valence-electron chi connectivity index (χ0n) is 17.0. The van der Waals surface area contributed by atoms with Crippen LogP contribution in [0.4, 0.5) is 27.6 Å². The Morgan fingerprint density at radius 3 is 2.48 bits per heavy atom. The number of hydrogen-bond acceptors (Lipinski definition) is 4. The van der Waals surface area contributed by atoms with Crippen LogP contribution >= 0.6 is 0 Å². The molecule has 164 valence electrons. The molecule has 0 amide bonds. The van der Waals surface area contributed by atoms with E-state index in [1.165, 1.54) is 26.1 Å². The number of aliphatic imine (C=N–C) groups is 1. The minimum Gasteiger partial charge on any atom is -0.376 e. The highest BCUT2D eigenvalue weighted by atomic mass is 19.4. The van der Waals surface area contributed by atoms with E-state index in [1.807, 2.05) is 0 Å². The van der Waals surface area contributed by atoms with Gasteiger partial charge in [-0.3, -0.25) is 4.99 Å². The SMILES string of the molecule is Cc1ncc2c(N=CC(O)(CC(C)(C)c3cc(F)ccc3F)C(F)(F)F)cccc2n1. The van der Waals surface area contributed by atoms with Crippen LogP contribution in [0.25, 0.3) is 10.9 Å². The fourth-order valence-electron chi connectivity index (χ4n) is 3.43. The van der Waals surface area contributed by atoms with E-state index in [0.717, 1.165) is 18.2 Å². The van der Waals surface area contributed by atoms with Crippen LogP contribution in [0.1, 0.15) is 31.7 Å². The molecule has 0 aliphatic carbocycles. The molecule has 1 atom stereocenters. The van der Waals surface area contributed by atoms with Gasteiger partial charge >= 0.3 is 6.18 Å². The summed E-state index contributed by atoms with van der Waals surface area (Å²) in [6.07, 6.45) is -4.27. The second-order valence-electron chi connectivity index (χ2n) is 7.99. The van der Waals surface area contributed by atoms with E-state index >= 15 is 0 Å². The van der Waals surface area contributed by atoms with Gasteiger partial charge in [-0.15, -0.1) is 0 Å². The van der Waals surface area contributed by atoms with Gasteiger partial charge in [0.25, 0.3) is 0 Å². The van der Waals surface area contributed by atoms with Gasteiger partial charge in [0.05, 0.1) is 11.2 Å². The lowest BCUT2D eigenvalue weighted by molar-refractivity contribution is -0.234. The molecular weight excluding hydrogens is 417 g/mol. The van der Waals surface area contributed by atoms with Gasteiger partial charge in [-0.05, 0) is 54.7 Å². The molecule has 3 aromatic rings. The van der Waals surface area contributed by atoms with Crippen molar-refractivity contribution in [2.75, 3.05) is 0 Å². The van der Waals surface area contributed by atoms with Crippen molar-refractivity contribution in [2.24, 2.45) is 4.99 Å². The van der Waals surface area contributed by atoms with Crippen molar-refractivity contribution < 1.29 is 27.1 Å². The van der Waals surface area contributed by atoms with Crippen molar-refractivity contribution in [3.8, 4) is 0 Å². The summed E-state index contributed by atoms with van der Waals surface area (Å²) in [6, 6.07) is 7.23. The largest absolute Gasteiger partial charge is 0.422 e. The molecular formula is C22H20F5N3O. The van der Waals surface area contributed by atoms with Crippen LogP contribution in [0.15, 0.2) is 47.6 Å². The molecule has 1 aromatic heterocycles. The number of aromatic nitrogens is 2. The third-order valence-electron chi connectivity index (χ3n) is 5.00. The first-order chi connectivity index (χ1) is 14.3. The fraction of sp³-hybridized carbons (Fsp3) is 0.318. The van der Waals surface area contributed by atoms with Crippen LogP contribution in [-0.2, 0) is 5.41 Å². The predicted molar refractivity (Wildman–Crippen MR) is 107 cm³/mol. The van der Waals surface area contributed by atoms with E-state index in [4.69, 9.17) is 0 Å². The molecule has 0 bridgehead atoms. The van der Waals surface area contributed by atoms with Gasteiger partial charge in [0, 0.05) is 17.8 Å². The minimum atomic E-state index is -5.12. The summed E-state index contributed by atoms with van der Waals surface area (Å²) >= 11 is 0. The Kier molecular flexibility index (Phi) is 5.84. The van der Waals surface area contributed by atoms with Gasteiger partial charge in [0.15, 0.2) is 5.60 Å². The second kappa shape index (κ2) is 7.96. The van der Waals surface area contributed by atoms with E-state index in [0.29, 0.717) is 22.9 Å². The molecule has 9 heteroatoms. The summed E-state index contributed by atoms with van der Waals surface area (Å²) in [4.78, 5) is 12.1. The van der Waals surface area contributed by atoms with E-state index in [-0.39, 0.29) is 11.3 Å². The van der Waals surface area contributed by atoms with Crippen LogP contribution in [0.5, 0.6) is 0 Å². The molecule has 31 heavy (non-hydrogen) atoms. The van der Waals surface area contributed by atoms with Crippen LogP contribution in [-0.4, -0.2) is 33.1 Å². The summed E-state index contributed by atoms with van der Waals surface area (Å²) < 4.78 is 69.4. The maximum Gasteiger partial charge on any atom is 0.422 e. The smallest absolute Gasteiger partial charge is 0.376 e. The zero-order chi connectivity index (χ0) is 23.0. The molecule has 1 heterocycles. The Hall–Kier alpha value is -2.94. The van der Waals surface area contributed by atoms with Crippen molar-refractivity contribution in [3.05, 3.63) is 65.6 Å². The van der Waals surface area contributed by atoms with Crippen LogP contribution < -0.4 is 0 Å². The number of hydrogen-bond donors (Lipinski definition) is 1. The van der Waals surface area contributed by atoms with Crippen molar-refractivity contribution in [2.45, 2.75) is 44.4 Å². The van der Waals surface area contributed by atoms with Gasteiger partial charge in [0.2, 0.25) is 0 Å². The number of halogens is 5. The number of aliphatic hydroxyl groups is 1. The number of rotatable bonds is 5. The molecule has 0 saturated carbocycles. The average molecular weight is 437 g/mol. The first-order valence-corrected chi connectivity index (χ1v) is 9.35. The maximum atomic E-state index is 14.2. The number of fused-ring (bicyclic) bond motifs is 1. The van der Waals surface area contributed by atoms with Crippen molar-refractivity contribution in [1.82, 2.24) is 9.97 Å². The molecule has 3 rings (SSSR count). The van der Waals surface area contributed by atoms with Gasteiger partial charge in [0.1, 0.15) is 17.5 Å². The Bertz CT molecular complexity index is 1140. The lowest BCUT2D eigenvalue weighted by atomic mass is 9.75. The van der Waals surface area contributed by atoms with Crippen LogP contribution in [0.2, 0.25) is 0 Å². The van der Waals surface area contributed by atoms with Crippen LogP contribution in [0, 0.1) is 18.6 Å². The first kappa shape index (κ1) is 22.7. The standard InChI is InChI=1S/C22H20F5N3O/c1-13-28-10-15-18(5-4-6-19(15)30-13)29-12-21(31,22(25,26)27)11-20(2,3)16-9-14(23)7-8-17(16)24/h4-10,12,31H,11H2,1-3H3. The summed E-state index contributed by atoms with van der Waals surface area (Å²) in [7, 11) is 0. The molecule has 1 N–H and O–H groups in total. The first-order valence-electron chi connectivity index (χ1n) is 9.35. The monoisotopic (exact) mass is 437 g/mol. The van der Waals surface area contributed by atoms with Gasteiger partial charge in [-0.1, -0.05) is 19.9 Å². The molecule has 4 nitrogen and oxygen atoms in total. The molecule has 0 aliphatic rings. The number of nitrogens with zero attached hydrogens (tertiary/aromatic N) is 3. The zero-order valence-corrected chi connectivity index (χ0v) is 17.0. The van der Waals surface area contributed by atoms with Gasteiger partial charge in [-0.25, -0.2) is 18.7 Å². The molecule has 0 aliphatic heterocycles. The lowest BCUT2D eigenvalue weighted by Crippen LogP contribution is -2.50. The van der Waals surface area contributed by atoms with E-state index in [9.17, 15) is 27.1 Å². The van der Waals surface area contributed by atoms with Crippen LogP contribution in [0.3, 0.4) is 0 Å². The summed E-state index contributed by atoms with van der Waals surface area (Å²) in [5.74, 6) is -1.17. The fourth-order valence-corrected chi connectivity index (χ4v) is 3.43. The second-order valence-corrected chi connectivity index (χ2v) is 7.99. The molecule has 0 spiro atoms. The van der Waals surface area contributed by atoms with Crippen molar-refractivity contribution in [1.29, 1.82) is 0 Å². The highest BCUT2D eigenvalue weighted by Gasteiger charge is 2.55. The average Bonchev–Trinajstić information content (AvgIpc) is 2.66. The van der Waals surface area contributed by atoms with Gasteiger partial charge in [-0.2, -0.15) is 13.2 Å². The summed E-state index contributed by atoms with van der Waals surface area (Å²) in [6.45, 7) is 4.26. The van der Waals surface area contributed by atoms with Gasteiger partial charge < -0.3 is 5.11 Å². The van der Waals surface area contributed by atoms with E-state index in [1.54, 1.807) is 19.1 Å². The summed E-state index contributed by atoms with van der Waals surface area (Å²) in [5, 5.41) is 11.0. The Morgan fingerprint density at radius 1 is 1.10 bits per heavy atom. The lowest BCUT2D eigenvalue weighted by Gasteiger charge is -2.35. The molecule has 1 unspecified atom stereocenters. The number of aryl methyl sites for hydroxylation is 1. The van der Waals surface area contributed by atoms with Crippen molar-refractivity contribution >= 4 is 22.8 Å². The third-order valence-corrected chi connectivity index (χ3v) is 5.00. The molecule has 0 fully saturated rings. The Balaban J connectivity index is 2.03. The molecule has 2 aromatic carbocycles. The van der Waals surface area contributed by atoms with Crippen molar-refractivity contribution in [3.63, 3.8) is 0 Å². The molecule has 0 saturated heterocycles. The minimum absolute atomic E-state index is 0.134. The Morgan fingerprint density at radius 2 is 1.81 bits per heavy atom. The summed E-state index contributed by atoms with van der Waals surface area (Å²) in [5.41, 5.74) is -4.63. The highest BCUT2D eigenvalue weighted by Crippen LogP contribution is 2.41. The predicted octanol–water partition coefficient (Wildman–Crippen LogP) is 5.58.